The summed E-state index contributed by atoms with van der Waals surface area (Å²) in [4.78, 5) is 2.27. The molecule has 1 unspecified atom stereocenters. The van der Waals surface area contributed by atoms with E-state index < -0.39 is 11.7 Å². The molecule has 2 nitrogen and oxygen atoms in total. The Morgan fingerprint density at radius 3 is 2.04 bits per heavy atom. The fourth-order valence-corrected chi connectivity index (χ4v) is 2.78. The monoisotopic (exact) mass is 379 g/mol. The van der Waals surface area contributed by atoms with Crippen molar-refractivity contribution in [2.24, 2.45) is 5.92 Å². The minimum atomic E-state index is -4.34. The van der Waals surface area contributed by atoms with Crippen LogP contribution in [0.25, 0.3) is 0 Å². The average Bonchev–Trinajstić information content (AvgIpc) is 2.63. The number of alkyl halides is 3. The van der Waals surface area contributed by atoms with E-state index in [0.29, 0.717) is 11.7 Å². The third-order valence-electron chi connectivity index (χ3n) is 4.49. The molecule has 2 rings (SSSR count). The first-order chi connectivity index (χ1) is 12.8. The van der Waals surface area contributed by atoms with Crippen molar-refractivity contribution in [3.8, 4) is 5.75 Å². The third-order valence-corrected chi connectivity index (χ3v) is 4.49. The second kappa shape index (κ2) is 9.79. The molecule has 5 heteroatoms. The molecule has 148 valence electrons. The van der Waals surface area contributed by atoms with Crippen molar-refractivity contribution in [2.45, 2.75) is 39.0 Å². The van der Waals surface area contributed by atoms with Crippen LogP contribution in [-0.2, 0) is 6.18 Å². The summed E-state index contributed by atoms with van der Waals surface area (Å²) in [5.74, 6) is 1.10. The maximum atomic E-state index is 12.7. The van der Waals surface area contributed by atoms with Gasteiger partial charge in [-0.3, -0.25) is 0 Å². The molecule has 0 heterocycles. The molecule has 1 atom stereocenters. The molecule has 0 aliphatic heterocycles. The van der Waals surface area contributed by atoms with E-state index in [0.717, 1.165) is 43.6 Å². The van der Waals surface area contributed by atoms with Crippen LogP contribution in [0.5, 0.6) is 5.75 Å². The summed E-state index contributed by atoms with van der Waals surface area (Å²) < 4.78 is 44.3. The summed E-state index contributed by atoms with van der Waals surface area (Å²) in [6.07, 6.45) is -2.65. The molecule has 0 aliphatic rings. The molecule has 0 spiro atoms. The molecule has 0 fully saturated rings. The van der Waals surface area contributed by atoms with Crippen LogP contribution in [0.3, 0.4) is 0 Å². The molecule has 0 radical (unpaired) electrons. The summed E-state index contributed by atoms with van der Waals surface area (Å²) in [5.41, 5.74) is 0.356. The van der Waals surface area contributed by atoms with Crippen LogP contribution < -0.4 is 4.74 Å². The van der Waals surface area contributed by atoms with Crippen molar-refractivity contribution in [1.82, 2.24) is 4.90 Å². The fourth-order valence-electron chi connectivity index (χ4n) is 2.78. The minimum absolute atomic E-state index is 0.204. The lowest BCUT2D eigenvalue weighted by atomic mass is 10.1. The normalized spacial score (nSPS) is 13.2. The van der Waals surface area contributed by atoms with Gasteiger partial charge in [-0.05, 0) is 55.8 Å². The van der Waals surface area contributed by atoms with Gasteiger partial charge in [0, 0.05) is 13.0 Å². The van der Waals surface area contributed by atoms with Gasteiger partial charge < -0.3 is 9.64 Å². The summed E-state index contributed by atoms with van der Waals surface area (Å²) in [6.45, 7) is 6.27. The van der Waals surface area contributed by atoms with Crippen LogP contribution >= 0.6 is 0 Å². The Morgan fingerprint density at radius 1 is 0.889 bits per heavy atom. The zero-order valence-corrected chi connectivity index (χ0v) is 16.2. The van der Waals surface area contributed by atoms with Crippen LogP contribution in [0, 0.1) is 5.92 Å². The molecule has 27 heavy (non-hydrogen) atoms. The first-order valence-electron chi connectivity index (χ1n) is 9.33. The van der Waals surface area contributed by atoms with E-state index in [1.165, 1.54) is 12.1 Å². The Bertz CT molecular complexity index is 668. The Labute approximate surface area is 160 Å². The van der Waals surface area contributed by atoms with Crippen LogP contribution in [0.1, 0.15) is 43.9 Å². The SMILES string of the molecule is CC(C)CCN(C)CCC(Oc1ccc(C(F)(F)F)cc1)c1ccccc1. The van der Waals surface area contributed by atoms with Gasteiger partial charge in [-0.2, -0.15) is 13.2 Å². The second-order valence-electron chi connectivity index (χ2n) is 7.31. The van der Waals surface area contributed by atoms with Crippen LogP contribution in [-0.4, -0.2) is 25.0 Å². The quantitative estimate of drug-likeness (QED) is 0.515. The predicted molar refractivity (Wildman–Crippen MR) is 103 cm³/mol. The highest BCUT2D eigenvalue weighted by Gasteiger charge is 2.30. The van der Waals surface area contributed by atoms with Crippen molar-refractivity contribution >= 4 is 0 Å². The predicted octanol–water partition coefficient (Wildman–Crippen LogP) is 6.19. The number of halogens is 3. The van der Waals surface area contributed by atoms with E-state index in [4.69, 9.17) is 4.74 Å². The molecule has 2 aromatic rings. The molecule has 0 saturated heterocycles. The molecule has 0 saturated carbocycles. The molecule has 0 N–H and O–H groups in total. The van der Waals surface area contributed by atoms with Gasteiger partial charge in [0.2, 0.25) is 0 Å². The second-order valence-corrected chi connectivity index (χ2v) is 7.31. The maximum Gasteiger partial charge on any atom is 0.416 e. The van der Waals surface area contributed by atoms with Gasteiger partial charge in [0.05, 0.1) is 5.56 Å². The van der Waals surface area contributed by atoms with E-state index in [1.54, 1.807) is 0 Å². The van der Waals surface area contributed by atoms with E-state index in [1.807, 2.05) is 30.3 Å². The van der Waals surface area contributed by atoms with Crippen molar-refractivity contribution in [3.05, 3.63) is 65.7 Å². The first-order valence-corrected chi connectivity index (χ1v) is 9.33. The van der Waals surface area contributed by atoms with Crippen molar-refractivity contribution in [1.29, 1.82) is 0 Å². The number of nitrogens with zero attached hydrogens (tertiary/aromatic N) is 1. The average molecular weight is 379 g/mol. The zero-order chi connectivity index (χ0) is 19.9. The van der Waals surface area contributed by atoms with E-state index in [-0.39, 0.29) is 6.10 Å². The van der Waals surface area contributed by atoms with Gasteiger partial charge in [0.25, 0.3) is 0 Å². The molecule has 2 aromatic carbocycles. The van der Waals surface area contributed by atoms with Crippen LogP contribution in [0.4, 0.5) is 13.2 Å². The molecule has 0 bridgehead atoms. The number of ether oxygens (including phenoxy) is 1. The Balaban J connectivity index is 2.05. The smallest absolute Gasteiger partial charge is 0.416 e. The Morgan fingerprint density at radius 2 is 1.48 bits per heavy atom. The Kier molecular flexibility index (Phi) is 7.72. The summed E-state index contributed by atoms with van der Waals surface area (Å²) in [5, 5.41) is 0. The highest BCUT2D eigenvalue weighted by atomic mass is 19.4. The van der Waals surface area contributed by atoms with Gasteiger partial charge in [0.1, 0.15) is 11.9 Å². The first kappa shape index (κ1) is 21.3. The van der Waals surface area contributed by atoms with Gasteiger partial charge in [0.15, 0.2) is 0 Å². The van der Waals surface area contributed by atoms with Crippen molar-refractivity contribution in [3.63, 3.8) is 0 Å². The third kappa shape index (κ3) is 7.25. The van der Waals surface area contributed by atoms with Gasteiger partial charge in [-0.25, -0.2) is 0 Å². The molecule has 0 aromatic heterocycles. The van der Waals surface area contributed by atoms with Crippen molar-refractivity contribution < 1.29 is 17.9 Å². The van der Waals surface area contributed by atoms with E-state index >= 15 is 0 Å². The minimum Gasteiger partial charge on any atom is -0.486 e. The summed E-state index contributed by atoms with van der Waals surface area (Å²) in [6, 6.07) is 14.7. The van der Waals surface area contributed by atoms with Crippen LogP contribution in [0.15, 0.2) is 54.6 Å². The number of hydrogen-bond acceptors (Lipinski definition) is 2. The molecular formula is C22H28F3NO. The molecular weight excluding hydrogens is 351 g/mol. The number of hydrogen-bond donors (Lipinski definition) is 0. The van der Waals surface area contributed by atoms with E-state index in [9.17, 15) is 13.2 Å². The van der Waals surface area contributed by atoms with Crippen molar-refractivity contribution in [2.75, 3.05) is 20.1 Å². The van der Waals surface area contributed by atoms with Gasteiger partial charge >= 0.3 is 6.18 Å². The summed E-state index contributed by atoms with van der Waals surface area (Å²) in [7, 11) is 2.09. The molecule has 0 aliphatic carbocycles. The highest BCUT2D eigenvalue weighted by Crippen LogP contribution is 2.32. The summed E-state index contributed by atoms with van der Waals surface area (Å²) >= 11 is 0. The number of rotatable bonds is 9. The zero-order valence-electron chi connectivity index (χ0n) is 16.2. The Hall–Kier alpha value is -2.01. The lowest BCUT2D eigenvalue weighted by Crippen LogP contribution is -2.24. The topological polar surface area (TPSA) is 12.5 Å². The highest BCUT2D eigenvalue weighted by molar-refractivity contribution is 5.30. The van der Waals surface area contributed by atoms with E-state index in [2.05, 4.69) is 25.8 Å². The lowest BCUT2D eigenvalue weighted by molar-refractivity contribution is -0.137. The number of benzene rings is 2. The fraction of sp³-hybridized carbons (Fsp3) is 0.455. The lowest BCUT2D eigenvalue weighted by Gasteiger charge is -2.24. The molecule has 0 amide bonds. The van der Waals surface area contributed by atoms with Gasteiger partial charge in [-0.1, -0.05) is 44.2 Å². The van der Waals surface area contributed by atoms with Gasteiger partial charge in [-0.15, -0.1) is 0 Å². The standard InChI is InChI=1S/C22H28F3NO/c1-17(2)13-15-26(3)16-14-21(18-7-5-4-6-8-18)27-20-11-9-19(10-12-20)22(23,24)25/h4-12,17,21H,13-16H2,1-3H3. The van der Waals surface area contributed by atoms with Crippen LogP contribution in [0.2, 0.25) is 0 Å². The maximum absolute atomic E-state index is 12.7. The largest absolute Gasteiger partial charge is 0.486 e.